The molecule has 1 saturated heterocycles. The van der Waals surface area contributed by atoms with E-state index in [0.717, 1.165) is 26.1 Å². The maximum atomic E-state index is 4.47. The lowest BCUT2D eigenvalue weighted by atomic mass is 9.91. The van der Waals surface area contributed by atoms with Crippen LogP contribution in [0.25, 0.3) is 0 Å². The Labute approximate surface area is 131 Å². The highest BCUT2D eigenvalue weighted by molar-refractivity contribution is 7.07. The van der Waals surface area contributed by atoms with Gasteiger partial charge in [-0.15, -0.1) is 11.3 Å². The summed E-state index contributed by atoms with van der Waals surface area (Å²) in [6.07, 6.45) is 1.14. The summed E-state index contributed by atoms with van der Waals surface area (Å²) in [5.41, 5.74) is 4.69. The average Bonchev–Trinajstić information content (AvgIpc) is 3.01. The lowest BCUT2D eigenvalue weighted by molar-refractivity contribution is 0.0763. The molecule has 0 aliphatic carbocycles. The Morgan fingerprint density at radius 2 is 2.19 bits per heavy atom. The van der Waals surface area contributed by atoms with E-state index in [4.69, 9.17) is 0 Å². The molecule has 0 amide bonds. The van der Waals surface area contributed by atoms with Gasteiger partial charge in [0.05, 0.1) is 11.2 Å². The molecule has 21 heavy (non-hydrogen) atoms. The van der Waals surface area contributed by atoms with Crippen molar-refractivity contribution in [1.29, 1.82) is 0 Å². The second-order valence-electron chi connectivity index (χ2n) is 6.11. The molecule has 0 spiro atoms. The third kappa shape index (κ3) is 3.34. The highest BCUT2D eigenvalue weighted by atomic mass is 32.1. The van der Waals surface area contributed by atoms with Gasteiger partial charge in [0.15, 0.2) is 0 Å². The number of thiazole rings is 1. The molecule has 112 valence electrons. The van der Waals surface area contributed by atoms with Gasteiger partial charge in [0.1, 0.15) is 0 Å². The standard InChI is InChI=1S/C17H23N3S/c1-3-17(2)12-20(10-15-11-21-13-18-15)16(9-19-17)14-7-5-4-6-8-14/h4-8,11,13,16,19H,3,9-10,12H2,1-2H3. The van der Waals surface area contributed by atoms with Crippen molar-refractivity contribution in [3.63, 3.8) is 0 Å². The van der Waals surface area contributed by atoms with Gasteiger partial charge in [0.25, 0.3) is 0 Å². The lowest BCUT2D eigenvalue weighted by Gasteiger charge is -2.46. The summed E-state index contributed by atoms with van der Waals surface area (Å²) in [6.45, 7) is 7.57. The molecule has 2 aromatic rings. The quantitative estimate of drug-likeness (QED) is 0.937. The largest absolute Gasteiger partial charge is 0.308 e. The van der Waals surface area contributed by atoms with Crippen molar-refractivity contribution in [3.8, 4) is 0 Å². The van der Waals surface area contributed by atoms with Gasteiger partial charge in [0.2, 0.25) is 0 Å². The molecule has 1 N–H and O–H groups in total. The highest BCUT2D eigenvalue weighted by Crippen LogP contribution is 2.29. The van der Waals surface area contributed by atoms with Crippen molar-refractivity contribution in [2.75, 3.05) is 13.1 Å². The zero-order valence-electron chi connectivity index (χ0n) is 12.7. The van der Waals surface area contributed by atoms with E-state index in [-0.39, 0.29) is 5.54 Å². The fourth-order valence-electron chi connectivity index (χ4n) is 3.02. The van der Waals surface area contributed by atoms with Crippen LogP contribution in [0.1, 0.15) is 37.6 Å². The number of rotatable bonds is 4. The zero-order valence-corrected chi connectivity index (χ0v) is 13.6. The summed E-state index contributed by atoms with van der Waals surface area (Å²) in [5, 5.41) is 5.90. The molecule has 3 nitrogen and oxygen atoms in total. The van der Waals surface area contributed by atoms with Crippen LogP contribution in [-0.4, -0.2) is 28.5 Å². The summed E-state index contributed by atoms with van der Waals surface area (Å²) in [5.74, 6) is 0. The Kier molecular flexibility index (Phi) is 4.38. The smallest absolute Gasteiger partial charge is 0.0795 e. The van der Waals surface area contributed by atoms with Crippen molar-refractivity contribution in [1.82, 2.24) is 15.2 Å². The number of hydrogen-bond acceptors (Lipinski definition) is 4. The molecular formula is C17H23N3S. The number of piperazine rings is 1. The topological polar surface area (TPSA) is 28.2 Å². The number of nitrogens with one attached hydrogen (secondary N) is 1. The average molecular weight is 301 g/mol. The molecule has 1 fully saturated rings. The molecule has 1 aliphatic rings. The first kappa shape index (κ1) is 14.7. The fourth-order valence-corrected chi connectivity index (χ4v) is 3.57. The monoisotopic (exact) mass is 301 g/mol. The van der Waals surface area contributed by atoms with E-state index in [1.165, 1.54) is 11.3 Å². The van der Waals surface area contributed by atoms with Crippen LogP contribution in [0.2, 0.25) is 0 Å². The fraction of sp³-hybridized carbons (Fsp3) is 0.471. The Bertz CT molecular complexity index is 555. The number of benzene rings is 1. The Morgan fingerprint density at radius 1 is 1.38 bits per heavy atom. The predicted molar refractivity (Wildman–Crippen MR) is 88.4 cm³/mol. The van der Waals surface area contributed by atoms with Gasteiger partial charge >= 0.3 is 0 Å². The molecule has 1 aromatic carbocycles. The van der Waals surface area contributed by atoms with Crippen LogP contribution < -0.4 is 5.32 Å². The summed E-state index contributed by atoms with van der Waals surface area (Å²) < 4.78 is 0. The van der Waals surface area contributed by atoms with E-state index in [1.807, 2.05) is 5.51 Å². The minimum Gasteiger partial charge on any atom is -0.308 e. The molecule has 1 aliphatic heterocycles. The van der Waals surface area contributed by atoms with Crippen molar-refractivity contribution in [2.45, 2.75) is 38.4 Å². The maximum absolute atomic E-state index is 4.47. The molecule has 0 radical (unpaired) electrons. The molecule has 2 atom stereocenters. The molecular weight excluding hydrogens is 278 g/mol. The van der Waals surface area contributed by atoms with Crippen LogP contribution in [0.15, 0.2) is 41.2 Å². The van der Waals surface area contributed by atoms with Gasteiger partial charge in [0, 0.05) is 36.6 Å². The van der Waals surface area contributed by atoms with E-state index in [9.17, 15) is 0 Å². The SMILES string of the molecule is CCC1(C)CN(Cc2cscn2)C(c2ccccc2)CN1. The summed E-state index contributed by atoms with van der Waals surface area (Å²) in [6, 6.07) is 11.2. The summed E-state index contributed by atoms with van der Waals surface area (Å²) >= 11 is 1.68. The minimum absolute atomic E-state index is 0.196. The third-order valence-electron chi connectivity index (χ3n) is 4.53. The van der Waals surface area contributed by atoms with Crippen LogP contribution in [0, 0.1) is 0 Å². The van der Waals surface area contributed by atoms with Gasteiger partial charge in [-0.25, -0.2) is 4.98 Å². The van der Waals surface area contributed by atoms with E-state index < -0.39 is 0 Å². The van der Waals surface area contributed by atoms with Crippen LogP contribution in [-0.2, 0) is 6.54 Å². The third-order valence-corrected chi connectivity index (χ3v) is 5.16. The number of nitrogens with zero attached hydrogens (tertiary/aromatic N) is 2. The zero-order chi connectivity index (χ0) is 14.7. The van der Waals surface area contributed by atoms with Crippen LogP contribution in [0.5, 0.6) is 0 Å². The molecule has 3 rings (SSSR count). The van der Waals surface area contributed by atoms with E-state index in [2.05, 4.69) is 64.8 Å². The first-order valence-corrected chi connectivity index (χ1v) is 8.55. The van der Waals surface area contributed by atoms with Crippen LogP contribution in [0.4, 0.5) is 0 Å². The highest BCUT2D eigenvalue weighted by Gasteiger charge is 2.35. The molecule has 2 heterocycles. The Balaban J connectivity index is 1.84. The van der Waals surface area contributed by atoms with Gasteiger partial charge in [-0.3, -0.25) is 4.90 Å². The van der Waals surface area contributed by atoms with Crippen molar-refractivity contribution >= 4 is 11.3 Å². The molecule has 0 saturated carbocycles. The second kappa shape index (κ2) is 6.26. The first-order chi connectivity index (χ1) is 10.2. The number of aromatic nitrogens is 1. The maximum Gasteiger partial charge on any atom is 0.0795 e. The van der Waals surface area contributed by atoms with E-state index >= 15 is 0 Å². The van der Waals surface area contributed by atoms with Gasteiger partial charge < -0.3 is 5.32 Å². The minimum atomic E-state index is 0.196. The molecule has 2 unspecified atom stereocenters. The van der Waals surface area contributed by atoms with E-state index in [0.29, 0.717) is 6.04 Å². The van der Waals surface area contributed by atoms with Crippen molar-refractivity contribution < 1.29 is 0 Å². The summed E-state index contributed by atoms with van der Waals surface area (Å²) in [4.78, 5) is 7.04. The molecule has 0 bridgehead atoms. The van der Waals surface area contributed by atoms with Gasteiger partial charge in [-0.05, 0) is 18.9 Å². The van der Waals surface area contributed by atoms with Gasteiger partial charge in [-0.1, -0.05) is 37.3 Å². The van der Waals surface area contributed by atoms with E-state index in [1.54, 1.807) is 11.3 Å². The number of hydrogen-bond donors (Lipinski definition) is 1. The lowest BCUT2D eigenvalue weighted by Crippen LogP contribution is -2.59. The van der Waals surface area contributed by atoms with Gasteiger partial charge in [-0.2, -0.15) is 0 Å². The Hall–Kier alpha value is -1.23. The predicted octanol–water partition coefficient (Wildman–Crippen LogP) is 3.46. The van der Waals surface area contributed by atoms with Crippen LogP contribution in [0.3, 0.4) is 0 Å². The second-order valence-corrected chi connectivity index (χ2v) is 6.83. The summed E-state index contributed by atoms with van der Waals surface area (Å²) in [7, 11) is 0. The Morgan fingerprint density at radius 3 is 2.86 bits per heavy atom. The normalized spacial score (nSPS) is 26.9. The van der Waals surface area contributed by atoms with Crippen molar-refractivity contribution in [2.24, 2.45) is 0 Å². The molecule has 1 aromatic heterocycles. The van der Waals surface area contributed by atoms with Crippen molar-refractivity contribution in [3.05, 3.63) is 52.5 Å². The first-order valence-electron chi connectivity index (χ1n) is 7.61. The molecule has 4 heteroatoms. The van der Waals surface area contributed by atoms with Crippen LogP contribution >= 0.6 is 11.3 Å².